The van der Waals surface area contributed by atoms with E-state index in [4.69, 9.17) is 0 Å². The second-order valence-electron chi connectivity index (χ2n) is 3.42. The second-order valence-corrected chi connectivity index (χ2v) is 3.42. The zero-order valence-corrected chi connectivity index (χ0v) is 10.4. The molecule has 1 heterocycles. The van der Waals surface area contributed by atoms with Gasteiger partial charge in [-0.05, 0) is 19.1 Å². The molecule has 0 saturated carbocycles. The van der Waals surface area contributed by atoms with Crippen molar-refractivity contribution in [2.24, 2.45) is 0 Å². The molecule has 0 aliphatic heterocycles. The summed E-state index contributed by atoms with van der Waals surface area (Å²) in [6.07, 6.45) is 0.246. The number of carbonyl (C=O) groups is 2. The second kappa shape index (κ2) is 7.21. The maximum atomic E-state index is 11.4. The number of carbonyl (C=O) groups excluding carboxylic acids is 2. The SMILES string of the molecule is CCNC(=O)c1ccc(NCCC(=O)OC)nn1. The molecule has 0 spiro atoms. The Morgan fingerprint density at radius 3 is 2.67 bits per heavy atom. The van der Waals surface area contributed by atoms with E-state index in [0.717, 1.165) is 0 Å². The van der Waals surface area contributed by atoms with Crippen LogP contribution in [0.2, 0.25) is 0 Å². The van der Waals surface area contributed by atoms with Gasteiger partial charge in [0.2, 0.25) is 0 Å². The van der Waals surface area contributed by atoms with Crippen molar-refractivity contribution < 1.29 is 14.3 Å². The number of amides is 1. The van der Waals surface area contributed by atoms with Crippen LogP contribution in [0.4, 0.5) is 5.82 Å². The molecule has 2 N–H and O–H groups in total. The Hall–Kier alpha value is -2.18. The molecule has 18 heavy (non-hydrogen) atoms. The van der Waals surface area contributed by atoms with E-state index < -0.39 is 0 Å². The molecular formula is C11H16N4O3. The van der Waals surface area contributed by atoms with Crippen molar-refractivity contribution in [3.05, 3.63) is 17.8 Å². The van der Waals surface area contributed by atoms with Crippen molar-refractivity contribution in [1.82, 2.24) is 15.5 Å². The van der Waals surface area contributed by atoms with Crippen molar-refractivity contribution in [3.63, 3.8) is 0 Å². The van der Waals surface area contributed by atoms with Gasteiger partial charge in [-0.2, -0.15) is 0 Å². The highest BCUT2D eigenvalue weighted by molar-refractivity contribution is 5.92. The number of hydrogen-bond donors (Lipinski definition) is 2. The topological polar surface area (TPSA) is 93.2 Å². The Balaban J connectivity index is 2.45. The Morgan fingerprint density at radius 2 is 2.11 bits per heavy atom. The maximum Gasteiger partial charge on any atom is 0.307 e. The van der Waals surface area contributed by atoms with E-state index in [1.54, 1.807) is 12.1 Å². The summed E-state index contributed by atoms with van der Waals surface area (Å²) in [7, 11) is 1.34. The first-order valence-electron chi connectivity index (χ1n) is 5.60. The Kier molecular flexibility index (Phi) is 5.56. The van der Waals surface area contributed by atoms with Crippen LogP contribution in [0.3, 0.4) is 0 Å². The summed E-state index contributed by atoms with van der Waals surface area (Å²) in [6.45, 7) is 2.77. The molecule has 98 valence electrons. The lowest BCUT2D eigenvalue weighted by Crippen LogP contribution is -2.24. The fourth-order valence-electron chi connectivity index (χ4n) is 1.19. The van der Waals surface area contributed by atoms with Crippen molar-refractivity contribution in [2.75, 3.05) is 25.5 Å². The number of ether oxygens (including phenoxy) is 1. The van der Waals surface area contributed by atoms with Gasteiger partial charge in [-0.15, -0.1) is 10.2 Å². The average molecular weight is 252 g/mol. The van der Waals surface area contributed by atoms with E-state index in [-0.39, 0.29) is 24.0 Å². The van der Waals surface area contributed by atoms with E-state index in [9.17, 15) is 9.59 Å². The predicted octanol–water partition coefficient (Wildman–Crippen LogP) is 0.201. The molecule has 7 heteroatoms. The number of esters is 1. The first-order valence-corrected chi connectivity index (χ1v) is 5.60. The zero-order valence-electron chi connectivity index (χ0n) is 10.4. The average Bonchev–Trinajstić information content (AvgIpc) is 2.39. The van der Waals surface area contributed by atoms with Gasteiger partial charge in [-0.25, -0.2) is 0 Å². The molecule has 0 aliphatic rings. The third kappa shape index (κ3) is 4.36. The molecule has 0 aromatic carbocycles. The maximum absolute atomic E-state index is 11.4. The minimum Gasteiger partial charge on any atom is -0.469 e. The van der Waals surface area contributed by atoms with E-state index in [1.165, 1.54) is 7.11 Å². The van der Waals surface area contributed by atoms with Crippen LogP contribution in [0, 0.1) is 0 Å². The number of nitrogens with one attached hydrogen (secondary N) is 2. The highest BCUT2D eigenvalue weighted by atomic mass is 16.5. The van der Waals surface area contributed by atoms with E-state index in [1.807, 2.05) is 6.92 Å². The van der Waals surface area contributed by atoms with Crippen LogP contribution in [0.15, 0.2) is 12.1 Å². The van der Waals surface area contributed by atoms with Crippen molar-refractivity contribution in [3.8, 4) is 0 Å². The summed E-state index contributed by atoms with van der Waals surface area (Å²) in [5.74, 6) is -0.0486. The van der Waals surface area contributed by atoms with Crippen LogP contribution >= 0.6 is 0 Å². The van der Waals surface area contributed by atoms with Gasteiger partial charge in [0.15, 0.2) is 5.69 Å². The fraction of sp³-hybridized carbons (Fsp3) is 0.455. The van der Waals surface area contributed by atoms with Gasteiger partial charge >= 0.3 is 5.97 Å². The standard InChI is InChI=1S/C11H16N4O3/c1-3-12-11(17)8-4-5-9(15-14-8)13-7-6-10(16)18-2/h4-5H,3,6-7H2,1-2H3,(H,12,17)(H,13,15). The predicted molar refractivity (Wildman–Crippen MR) is 65.2 cm³/mol. The van der Waals surface area contributed by atoms with Crippen LogP contribution in [0.25, 0.3) is 0 Å². The minimum absolute atomic E-state index is 0.246. The Labute approximate surface area is 105 Å². The molecule has 0 radical (unpaired) electrons. The molecule has 0 bridgehead atoms. The number of rotatable bonds is 6. The largest absolute Gasteiger partial charge is 0.469 e. The summed E-state index contributed by atoms with van der Waals surface area (Å²) < 4.78 is 4.50. The molecule has 7 nitrogen and oxygen atoms in total. The summed E-state index contributed by atoms with van der Waals surface area (Å²) in [4.78, 5) is 22.3. The smallest absolute Gasteiger partial charge is 0.307 e. The van der Waals surface area contributed by atoms with E-state index in [0.29, 0.717) is 18.9 Å². The molecule has 0 saturated heterocycles. The third-order valence-corrected chi connectivity index (χ3v) is 2.10. The first kappa shape index (κ1) is 13.9. The lowest BCUT2D eigenvalue weighted by Gasteiger charge is -2.04. The number of hydrogen-bond acceptors (Lipinski definition) is 6. The van der Waals surface area contributed by atoms with Gasteiger partial charge < -0.3 is 15.4 Å². The van der Waals surface area contributed by atoms with Gasteiger partial charge in [0.1, 0.15) is 5.82 Å². The summed E-state index contributed by atoms with van der Waals surface area (Å²) in [5, 5.41) is 13.1. The summed E-state index contributed by atoms with van der Waals surface area (Å²) in [5.41, 5.74) is 0.260. The molecule has 1 aromatic heterocycles. The molecule has 0 aliphatic carbocycles. The number of methoxy groups -OCH3 is 1. The zero-order chi connectivity index (χ0) is 13.4. The normalized spacial score (nSPS) is 9.67. The number of anilines is 1. The third-order valence-electron chi connectivity index (χ3n) is 2.10. The van der Waals surface area contributed by atoms with E-state index >= 15 is 0 Å². The monoisotopic (exact) mass is 252 g/mol. The van der Waals surface area contributed by atoms with Crippen molar-refractivity contribution >= 4 is 17.7 Å². The quantitative estimate of drug-likeness (QED) is 0.702. The Morgan fingerprint density at radius 1 is 1.33 bits per heavy atom. The highest BCUT2D eigenvalue weighted by Gasteiger charge is 2.06. The van der Waals surface area contributed by atoms with Crippen LogP contribution < -0.4 is 10.6 Å². The lowest BCUT2D eigenvalue weighted by atomic mass is 10.3. The van der Waals surface area contributed by atoms with Crippen LogP contribution in [0.5, 0.6) is 0 Å². The number of nitrogens with zero attached hydrogens (tertiary/aromatic N) is 2. The summed E-state index contributed by atoms with van der Waals surface area (Å²) in [6, 6.07) is 3.20. The molecule has 0 atom stereocenters. The minimum atomic E-state index is -0.297. The van der Waals surface area contributed by atoms with Gasteiger partial charge in [0, 0.05) is 13.1 Å². The molecule has 0 fully saturated rings. The molecule has 1 amide bonds. The first-order chi connectivity index (χ1) is 8.67. The van der Waals surface area contributed by atoms with Crippen molar-refractivity contribution in [2.45, 2.75) is 13.3 Å². The number of aromatic nitrogens is 2. The van der Waals surface area contributed by atoms with Crippen LogP contribution in [-0.4, -0.2) is 42.3 Å². The van der Waals surface area contributed by atoms with Gasteiger partial charge in [-0.1, -0.05) is 0 Å². The Bertz CT molecular complexity index is 405. The fourth-order valence-corrected chi connectivity index (χ4v) is 1.19. The van der Waals surface area contributed by atoms with E-state index in [2.05, 4.69) is 25.6 Å². The van der Waals surface area contributed by atoms with Gasteiger partial charge in [-0.3, -0.25) is 9.59 Å². The lowest BCUT2D eigenvalue weighted by molar-refractivity contribution is -0.140. The summed E-state index contributed by atoms with van der Waals surface area (Å²) >= 11 is 0. The van der Waals surface area contributed by atoms with Gasteiger partial charge in [0.25, 0.3) is 5.91 Å². The van der Waals surface area contributed by atoms with Crippen molar-refractivity contribution in [1.29, 1.82) is 0 Å². The van der Waals surface area contributed by atoms with Crippen LogP contribution in [0.1, 0.15) is 23.8 Å². The van der Waals surface area contributed by atoms with Gasteiger partial charge in [0.05, 0.1) is 13.5 Å². The molecule has 1 aromatic rings. The highest BCUT2D eigenvalue weighted by Crippen LogP contribution is 2.02. The molecule has 1 rings (SSSR count). The molecule has 0 unspecified atom stereocenters. The molecular weight excluding hydrogens is 236 g/mol. The van der Waals surface area contributed by atoms with Crippen LogP contribution in [-0.2, 0) is 9.53 Å².